The first kappa shape index (κ1) is 17.7. The summed E-state index contributed by atoms with van der Waals surface area (Å²) in [5, 5.41) is 0. The van der Waals surface area contributed by atoms with E-state index in [0.717, 1.165) is 61.6 Å². The van der Waals surface area contributed by atoms with Crippen LogP contribution in [0.2, 0.25) is 0 Å². The van der Waals surface area contributed by atoms with Crippen LogP contribution in [0, 0.1) is 0 Å². The summed E-state index contributed by atoms with van der Waals surface area (Å²) >= 11 is 0. The minimum Gasteiger partial charge on any atom is -0.355 e. The summed E-state index contributed by atoms with van der Waals surface area (Å²) in [4.78, 5) is 16.7. The molecule has 0 fully saturated rings. The number of nitrogens with zero attached hydrogens (tertiary/aromatic N) is 2. The number of aromatic amines is 2. The number of benzene rings is 1. The monoisotopic (exact) mass is 400 g/mol. The van der Waals surface area contributed by atoms with E-state index in [-0.39, 0.29) is 0 Å². The highest BCUT2D eigenvalue weighted by molar-refractivity contribution is 5.99. The predicted molar refractivity (Wildman–Crippen MR) is 128 cm³/mol. The average Bonchev–Trinajstić information content (AvgIpc) is 3.55. The van der Waals surface area contributed by atoms with Gasteiger partial charge in [-0.3, -0.25) is 0 Å². The molecule has 0 radical (unpaired) electrons. The molecule has 0 spiro atoms. The molecule has 2 aliphatic heterocycles. The molecule has 4 aromatic rings. The predicted octanol–water partition coefficient (Wildman–Crippen LogP) is 6.46. The Bertz CT molecular complexity index is 1530. The Morgan fingerprint density at radius 2 is 1.19 bits per heavy atom. The van der Waals surface area contributed by atoms with Gasteiger partial charge in [-0.15, -0.1) is 0 Å². The Labute approximate surface area is 179 Å². The summed E-state index contributed by atoms with van der Waals surface area (Å²) in [6, 6.07) is 27.1. The van der Waals surface area contributed by atoms with E-state index < -0.39 is 0 Å². The normalized spacial score (nSPS) is 13.1. The molecule has 0 unspecified atom stereocenters. The van der Waals surface area contributed by atoms with Gasteiger partial charge >= 0.3 is 0 Å². The van der Waals surface area contributed by atoms with Gasteiger partial charge < -0.3 is 9.97 Å². The lowest BCUT2D eigenvalue weighted by Crippen LogP contribution is -1.85. The van der Waals surface area contributed by atoms with Crippen LogP contribution in [0.15, 0.2) is 78.9 Å². The van der Waals surface area contributed by atoms with Crippen molar-refractivity contribution in [3.63, 3.8) is 0 Å². The van der Waals surface area contributed by atoms with Gasteiger partial charge in [0, 0.05) is 27.6 Å². The molecule has 0 amide bonds. The van der Waals surface area contributed by atoms with Crippen molar-refractivity contribution in [1.82, 2.24) is 19.9 Å². The van der Waals surface area contributed by atoms with Crippen LogP contribution in [-0.2, 0) is 0 Å². The topological polar surface area (TPSA) is 57.4 Å². The number of nitrogens with one attached hydrogen (secondary N) is 2. The van der Waals surface area contributed by atoms with Crippen LogP contribution >= 0.6 is 0 Å². The Hall–Kier alpha value is -4.18. The van der Waals surface area contributed by atoms with Crippen molar-refractivity contribution in [3.8, 4) is 0 Å². The van der Waals surface area contributed by atoms with Gasteiger partial charge in [0.2, 0.25) is 0 Å². The van der Waals surface area contributed by atoms with Gasteiger partial charge in [0.05, 0.1) is 22.8 Å². The maximum Gasteiger partial charge on any atom is 0.0739 e. The third-order valence-electron chi connectivity index (χ3n) is 5.66. The summed E-state index contributed by atoms with van der Waals surface area (Å²) < 4.78 is 0. The lowest BCUT2D eigenvalue weighted by atomic mass is 9.98. The van der Waals surface area contributed by atoms with Crippen LogP contribution in [0.1, 0.15) is 35.3 Å². The van der Waals surface area contributed by atoms with Crippen molar-refractivity contribution in [3.05, 3.63) is 107 Å². The summed E-state index contributed by atoms with van der Waals surface area (Å²) in [5.74, 6) is 0. The Morgan fingerprint density at radius 1 is 0.581 bits per heavy atom. The van der Waals surface area contributed by atoms with Crippen LogP contribution in [0.3, 0.4) is 0 Å². The van der Waals surface area contributed by atoms with E-state index in [9.17, 15) is 0 Å². The number of hydrogen-bond donors (Lipinski definition) is 2. The molecule has 2 aliphatic rings. The molecular weight excluding hydrogens is 380 g/mol. The molecule has 148 valence electrons. The van der Waals surface area contributed by atoms with E-state index >= 15 is 0 Å². The molecular formula is C27H20N4. The van der Waals surface area contributed by atoms with Crippen molar-refractivity contribution in [2.75, 3.05) is 0 Å². The minimum absolute atomic E-state index is 0.908. The van der Waals surface area contributed by atoms with Crippen molar-refractivity contribution in [2.24, 2.45) is 0 Å². The molecule has 4 nitrogen and oxygen atoms in total. The van der Waals surface area contributed by atoms with Gasteiger partial charge in [0.1, 0.15) is 0 Å². The third-order valence-corrected chi connectivity index (χ3v) is 5.66. The van der Waals surface area contributed by atoms with Gasteiger partial charge in [-0.2, -0.15) is 0 Å². The van der Waals surface area contributed by atoms with Gasteiger partial charge in [-0.05, 0) is 78.7 Å². The fraction of sp³-hybridized carbons (Fsp3) is 0.0370. The van der Waals surface area contributed by atoms with Crippen LogP contribution in [0.5, 0.6) is 0 Å². The summed E-state index contributed by atoms with van der Waals surface area (Å²) in [6.07, 6.45) is 4.07. The van der Waals surface area contributed by atoms with E-state index in [2.05, 4.69) is 89.7 Å². The maximum atomic E-state index is 5.00. The summed E-state index contributed by atoms with van der Waals surface area (Å²) in [5.41, 5.74) is 11.3. The minimum atomic E-state index is 0.908. The number of rotatable bonds is 1. The zero-order chi connectivity index (χ0) is 20.8. The highest BCUT2D eigenvalue weighted by atomic mass is 14.8. The molecule has 5 heterocycles. The van der Waals surface area contributed by atoms with Crippen molar-refractivity contribution >= 4 is 45.4 Å². The molecule has 0 aliphatic carbocycles. The van der Waals surface area contributed by atoms with Crippen LogP contribution in [-0.4, -0.2) is 19.9 Å². The first-order valence-electron chi connectivity index (χ1n) is 10.3. The highest BCUT2D eigenvalue weighted by Crippen LogP contribution is 2.35. The standard InChI is InChI=1S/C27H20N4/c1-17-25-15-23-11-9-21(29-23)13-19-7-8-20(28-19)14-22-10-12-24(30-22)16-26(31-25)27(17)18-5-3-2-4-6-18/h2-16,28,30H,1H3. The fourth-order valence-electron chi connectivity index (χ4n) is 4.17. The van der Waals surface area contributed by atoms with E-state index in [0.29, 0.717) is 0 Å². The van der Waals surface area contributed by atoms with Gasteiger partial charge in [-0.25, -0.2) is 9.97 Å². The Morgan fingerprint density at radius 3 is 1.90 bits per heavy atom. The lowest BCUT2D eigenvalue weighted by Gasteiger charge is -2.04. The van der Waals surface area contributed by atoms with Gasteiger partial charge in [-0.1, -0.05) is 30.3 Å². The van der Waals surface area contributed by atoms with Crippen molar-refractivity contribution in [2.45, 2.75) is 6.92 Å². The number of aromatic nitrogens is 4. The molecule has 0 saturated heterocycles. The Kier molecular flexibility index (Phi) is 3.96. The second-order valence-corrected chi connectivity index (χ2v) is 7.86. The number of fused-ring (bicyclic) bond motifs is 8. The second-order valence-electron chi connectivity index (χ2n) is 7.86. The van der Waals surface area contributed by atoms with Gasteiger partial charge in [0.15, 0.2) is 0 Å². The molecule has 2 N–H and O–H groups in total. The number of allylic oxidation sites excluding steroid dienone is 1. The molecule has 0 saturated carbocycles. The highest BCUT2D eigenvalue weighted by Gasteiger charge is 2.18. The van der Waals surface area contributed by atoms with E-state index in [1.54, 1.807) is 0 Å². The summed E-state index contributed by atoms with van der Waals surface area (Å²) in [7, 11) is 0. The SMILES string of the molecule is CC1=C(c2ccccc2)c2cc3ccc(cc4ccc(cc5nc(cc1n2)C=C5)[nH]4)[nH]3. The average molecular weight is 400 g/mol. The van der Waals surface area contributed by atoms with E-state index in [4.69, 9.17) is 9.97 Å². The molecule has 0 atom stereocenters. The number of H-pyrrole nitrogens is 2. The molecule has 3 aromatic heterocycles. The first-order chi connectivity index (χ1) is 15.2. The second kappa shape index (κ2) is 6.96. The van der Waals surface area contributed by atoms with Gasteiger partial charge in [0.25, 0.3) is 0 Å². The van der Waals surface area contributed by atoms with Crippen LogP contribution < -0.4 is 0 Å². The molecule has 4 heteroatoms. The zero-order valence-electron chi connectivity index (χ0n) is 17.1. The molecule has 31 heavy (non-hydrogen) atoms. The maximum absolute atomic E-state index is 5.00. The smallest absolute Gasteiger partial charge is 0.0739 e. The largest absolute Gasteiger partial charge is 0.355 e. The van der Waals surface area contributed by atoms with E-state index in [1.165, 1.54) is 0 Å². The molecule has 1 aromatic carbocycles. The lowest BCUT2D eigenvalue weighted by molar-refractivity contribution is 1.26. The van der Waals surface area contributed by atoms with Crippen molar-refractivity contribution in [1.29, 1.82) is 0 Å². The quantitative estimate of drug-likeness (QED) is 0.339. The fourth-order valence-corrected chi connectivity index (χ4v) is 4.17. The van der Waals surface area contributed by atoms with Crippen molar-refractivity contribution < 1.29 is 0 Å². The zero-order valence-corrected chi connectivity index (χ0v) is 17.1. The Balaban J connectivity index is 1.69. The molecule has 6 rings (SSSR count). The third kappa shape index (κ3) is 3.28. The van der Waals surface area contributed by atoms with Crippen LogP contribution in [0.4, 0.5) is 0 Å². The molecule has 8 bridgehead atoms. The number of hydrogen-bond acceptors (Lipinski definition) is 2. The van der Waals surface area contributed by atoms with Crippen LogP contribution in [0.25, 0.3) is 45.4 Å². The van der Waals surface area contributed by atoms with E-state index in [1.807, 2.05) is 18.2 Å². The summed E-state index contributed by atoms with van der Waals surface area (Å²) in [6.45, 7) is 2.14. The first-order valence-corrected chi connectivity index (χ1v) is 10.3.